The van der Waals surface area contributed by atoms with Crippen molar-refractivity contribution in [1.82, 2.24) is 10.3 Å². The van der Waals surface area contributed by atoms with Crippen LogP contribution in [0, 0.1) is 10.1 Å². The van der Waals surface area contributed by atoms with E-state index in [0.29, 0.717) is 23.6 Å². The molecule has 0 amide bonds. The Kier molecular flexibility index (Phi) is 11.4. The number of ether oxygens (including phenoxy) is 3. The van der Waals surface area contributed by atoms with E-state index in [1.807, 2.05) is 12.3 Å². The summed E-state index contributed by atoms with van der Waals surface area (Å²) in [5, 5.41) is 14.5. The first-order valence-electron chi connectivity index (χ1n) is 14.6. The van der Waals surface area contributed by atoms with Crippen LogP contribution in [0.4, 0.5) is 5.69 Å². The molecular weight excluding hydrogens is 562 g/mol. The number of hydrogen-bond donors (Lipinski definition) is 1. The van der Waals surface area contributed by atoms with Crippen LogP contribution in [0.2, 0.25) is 0 Å². The summed E-state index contributed by atoms with van der Waals surface area (Å²) < 4.78 is 16.5. The molecule has 0 aliphatic carbocycles. The zero-order chi connectivity index (χ0) is 31.5. The van der Waals surface area contributed by atoms with E-state index in [-0.39, 0.29) is 36.7 Å². The Morgan fingerprint density at radius 2 is 1.59 bits per heavy atom. The second kappa shape index (κ2) is 15.6. The summed E-state index contributed by atoms with van der Waals surface area (Å²) in [7, 11) is 0. The molecule has 44 heavy (non-hydrogen) atoms. The number of carbonyl (C=O) groups excluding carboxylic acids is 2. The summed E-state index contributed by atoms with van der Waals surface area (Å²) in [6.07, 6.45) is 6.16. The van der Waals surface area contributed by atoms with Crippen LogP contribution in [0.5, 0.6) is 0 Å². The number of nitro benzene ring substituents is 1. The molecule has 1 aromatic heterocycles. The third-order valence-electron chi connectivity index (χ3n) is 7.26. The van der Waals surface area contributed by atoms with Crippen LogP contribution in [0.1, 0.15) is 55.4 Å². The second-order valence-electron chi connectivity index (χ2n) is 10.4. The highest BCUT2D eigenvalue weighted by atomic mass is 16.6. The maximum Gasteiger partial charge on any atom is 0.336 e. The molecule has 2 aromatic carbocycles. The normalized spacial score (nSPS) is 14.7. The lowest BCUT2D eigenvalue weighted by Crippen LogP contribution is -2.32. The van der Waals surface area contributed by atoms with E-state index in [0.717, 1.165) is 19.3 Å². The number of rotatable bonds is 14. The Morgan fingerprint density at radius 1 is 0.886 bits per heavy atom. The third-order valence-corrected chi connectivity index (χ3v) is 7.26. The first-order chi connectivity index (χ1) is 21.3. The quantitative estimate of drug-likeness (QED) is 0.109. The molecule has 230 valence electrons. The van der Waals surface area contributed by atoms with Gasteiger partial charge in [0.25, 0.3) is 5.69 Å². The number of aromatic nitrogens is 1. The van der Waals surface area contributed by atoms with Crippen molar-refractivity contribution in [3.8, 4) is 0 Å². The van der Waals surface area contributed by atoms with E-state index >= 15 is 0 Å². The van der Waals surface area contributed by atoms with Gasteiger partial charge in [0.1, 0.15) is 6.61 Å². The molecule has 0 fully saturated rings. The molecule has 10 nitrogen and oxygen atoms in total. The monoisotopic (exact) mass is 599 g/mol. The third kappa shape index (κ3) is 8.38. The summed E-state index contributed by atoms with van der Waals surface area (Å²) >= 11 is 0. The molecule has 1 N–H and O–H groups in total. The highest BCUT2D eigenvalue weighted by Crippen LogP contribution is 2.40. The number of dihydropyridines is 1. The lowest BCUT2D eigenvalue weighted by Gasteiger charge is -2.30. The molecule has 2 heterocycles. The number of esters is 2. The predicted molar refractivity (Wildman–Crippen MR) is 165 cm³/mol. The standard InChI is InChI=1S/C34H37N3O7/c1-4-43-33(38)30-23(2)36-24(3)31(32(30)28-10-5-11-29(21-28)37(40)41)34(39)44-19-18-42-17-7-9-25-12-14-26(15-13-25)20-27-8-6-16-35-22-27/h5-6,8,10-16,21-22,32,36H,4,7,9,17-20H2,1-3H3. The van der Waals surface area contributed by atoms with Crippen molar-refractivity contribution in [2.24, 2.45) is 0 Å². The number of non-ortho nitro benzene ring substituents is 1. The topological polar surface area (TPSA) is 130 Å². The number of allylic oxidation sites excluding steroid dienone is 2. The molecule has 3 aromatic rings. The van der Waals surface area contributed by atoms with Gasteiger partial charge >= 0.3 is 11.9 Å². The van der Waals surface area contributed by atoms with E-state index in [1.54, 1.807) is 33.0 Å². The van der Waals surface area contributed by atoms with E-state index in [9.17, 15) is 19.7 Å². The van der Waals surface area contributed by atoms with Gasteiger partial charge in [-0.1, -0.05) is 42.5 Å². The van der Waals surface area contributed by atoms with Gasteiger partial charge in [0.15, 0.2) is 0 Å². The van der Waals surface area contributed by atoms with Crippen LogP contribution >= 0.6 is 0 Å². The molecule has 10 heteroatoms. The summed E-state index contributed by atoms with van der Waals surface area (Å²) in [6, 6.07) is 18.4. The van der Waals surface area contributed by atoms with Crippen molar-refractivity contribution < 1.29 is 28.7 Å². The van der Waals surface area contributed by atoms with Crippen LogP contribution < -0.4 is 5.32 Å². The van der Waals surface area contributed by atoms with Crippen molar-refractivity contribution in [1.29, 1.82) is 0 Å². The van der Waals surface area contributed by atoms with E-state index in [4.69, 9.17) is 14.2 Å². The SMILES string of the molecule is CCOC(=O)C1=C(C)NC(C)=C(C(=O)OCCOCCCc2ccc(Cc3cccnc3)cc2)C1c1cccc([N+](=O)[O-])c1. The summed E-state index contributed by atoms with van der Waals surface area (Å²) in [5.41, 5.74) is 5.26. The molecular formula is C34H37N3O7. The minimum atomic E-state index is -0.903. The highest BCUT2D eigenvalue weighted by Gasteiger charge is 2.38. The number of nitrogens with one attached hydrogen (secondary N) is 1. The first kappa shape index (κ1) is 32.1. The Morgan fingerprint density at radius 3 is 2.25 bits per heavy atom. The zero-order valence-electron chi connectivity index (χ0n) is 25.2. The van der Waals surface area contributed by atoms with Gasteiger partial charge in [-0.25, -0.2) is 9.59 Å². The van der Waals surface area contributed by atoms with Gasteiger partial charge in [-0.05, 0) is 68.4 Å². The average Bonchev–Trinajstić information content (AvgIpc) is 3.01. The smallest absolute Gasteiger partial charge is 0.336 e. The van der Waals surface area contributed by atoms with Crippen LogP contribution in [0.25, 0.3) is 0 Å². The minimum Gasteiger partial charge on any atom is -0.463 e. The summed E-state index contributed by atoms with van der Waals surface area (Å²) in [4.78, 5) is 41.5. The lowest BCUT2D eigenvalue weighted by atomic mass is 9.80. The van der Waals surface area contributed by atoms with Gasteiger partial charge in [0, 0.05) is 42.5 Å². The van der Waals surface area contributed by atoms with Gasteiger partial charge in [0.2, 0.25) is 0 Å². The fourth-order valence-electron chi connectivity index (χ4n) is 5.21. The highest BCUT2D eigenvalue weighted by molar-refractivity contribution is 6.00. The van der Waals surface area contributed by atoms with Crippen LogP contribution in [-0.2, 0) is 36.6 Å². The number of nitro groups is 1. The Bertz CT molecular complexity index is 1530. The fourth-order valence-corrected chi connectivity index (χ4v) is 5.21. The number of aryl methyl sites for hydroxylation is 1. The Hall–Kier alpha value is -4.83. The molecule has 1 aliphatic rings. The minimum absolute atomic E-state index is 0.0117. The number of nitrogens with zero attached hydrogens (tertiary/aromatic N) is 2. The van der Waals surface area contributed by atoms with E-state index in [2.05, 4.69) is 40.6 Å². The fraction of sp³-hybridized carbons (Fsp3) is 0.324. The van der Waals surface area contributed by atoms with Gasteiger partial charge < -0.3 is 19.5 Å². The van der Waals surface area contributed by atoms with Gasteiger partial charge in [-0.2, -0.15) is 0 Å². The molecule has 0 spiro atoms. The molecule has 0 bridgehead atoms. The van der Waals surface area contributed by atoms with Crippen LogP contribution in [-0.4, -0.2) is 48.3 Å². The summed E-state index contributed by atoms with van der Waals surface area (Å²) in [6.45, 7) is 5.94. The summed E-state index contributed by atoms with van der Waals surface area (Å²) in [5.74, 6) is -2.16. The molecule has 0 saturated heterocycles. The van der Waals surface area contributed by atoms with Crippen molar-refractivity contribution >= 4 is 17.6 Å². The van der Waals surface area contributed by atoms with Crippen molar-refractivity contribution in [2.45, 2.75) is 46.0 Å². The van der Waals surface area contributed by atoms with Crippen molar-refractivity contribution in [3.05, 3.63) is 128 Å². The molecule has 4 rings (SSSR count). The number of pyridine rings is 1. The molecule has 1 unspecified atom stereocenters. The van der Waals surface area contributed by atoms with Gasteiger partial charge in [-0.15, -0.1) is 0 Å². The van der Waals surface area contributed by atoms with Crippen molar-refractivity contribution in [2.75, 3.05) is 26.4 Å². The number of hydrogen-bond acceptors (Lipinski definition) is 9. The second-order valence-corrected chi connectivity index (χ2v) is 10.4. The van der Waals surface area contributed by atoms with Crippen LogP contribution in [0.15, 0.2) is 95.6 Å². The predicted octanol–water partition coefficient (Wildman–Crippen LogP) is 5.57. The largest absolute Gasteiger partial charge is 0.463 e. The van der Waals surface area contributed by atoms with Gasteiger partial charge in [-0.3, -0.25) is 15.1 Å². The number of carbonyl (C=O) groups is 2. The lowest BCUT2D eigenvalue weighted by molar-refractivity contribution is -0.384. The van der Waals surface area contributed by atoms with E-state index < -0.39 is 22.8 Å². The zero-order valence-corrected chi connectivity index (χ0v) is 25.2. The Labute approximate surface area is 256 Å². The first-order valence-corrected chi connectivity index (χ1v) is 14.6. The molecule has 0 radical (unpaired) electrons. The molecule has 0 saturated carbocycles. The molecule has 1 aliphatic heterocycles. The number of benzene rings is 2. The van der Waals surface area contributed by atoms with Crippen LogP contribution in [0.3, 0.4) is 0 Å². The van der Waals surface area contributed by atoms with E-state index in [1.165, 1.54) is 34.9 Å². The van der Waals surface area contributed by atoms with Gasteiger partial charge in [0.05, 0.1) is 35.2 Å². The maximum absolute atomic E-state index is 13.4. The maximum atomic E-state index is 13.4. The van der Waals surface area contributed by atoms with Crippen molar-refractivity contribution in [3.63, 3.8) is 0 Å². The molecule has 1 atom stereocenters. The average molecular weight is 600 g/mol. The Balaban J connectivity index is 1.31.